The Bertz CT molecular complexity index is 605. The van der Waals surface area contributed by atoms with Gasteiger partial charge < -0.3 is 9.64 Å². The Morgan fingerprint density at radius 2 is 2.00 bits per heavy atom. The van der Waals surface area contributed by atoms with E-state index in [1.54, 1.807) is 13.2 Å². The maximum atomic E-state index is 13.4. The zero-order valence-corrected chi connectivity index (χ0v) is 14.7. The topological polar surface area (TPSA) is 32.8 Å². The molecule has 0 aliphatic carbocycles. The highest BCUT2D eigenvalue weighted by Crippen LogP contribution is 2.40. The highest BCUT2D eigenvalue weighted by molar-refractivity contribution is 5.87. The molecule has 2 fully saturated rings. The maximum absolute atomic E-state index is 13.4. The van der Waals surface area contributed by atoms with E-state index >= 15 is 0 Å². The van der Waals surface area contributed by atoms with Crippen LogP contribution in [0.3, 0.4) is 0 Å². The standard InChI is InChI=1S/C19H27FN2O2/c1-3-10-21-11-4-8-19(18(21)23)9-5-12-22(19)14-15-6-7-16(20)13-17(15)24-2/h6-7,13H,3-5,8-12,14H2,1-2H3. The number of likely N-dealkylation sites (tertiary alicyclic amines) is 2. The molecule has 5 heteroatoms. The van der Waals surface area contributed by atoms with Crippen molar-refractivity contribution in [1.82, 2.24) is 9.80 Å². The average molecular weight is 334 g/mol. The van der Waals surface area contributed by atoms with E-state index in [-0.39, 0.29) is 17.3 Å². The van der Waals surface area contributed by atoms with Crippen LogP contribution >= 0.6 is 0 Å². The second kappa shape index (κ2) is 7.09. The van der Waals surface area contributed by atoms with Crippen molar-refractivity contribution in [2.45, 2.75) is 51.1 Å². The molecule has 1 aromatic carbocycles. The van der Waals surface area contributed by atoms with Gasteiger partial charge in [0.2, 0.25) is 5.91 Å². The summed E-state index contributed by atoms with van der Waals surface area (Å²) in [5, 5.41) is 0. The molecular weight excluding hydrogens is 307 g/mol. The van der Waals surface area contributed by atoms with Crippen LogP contribution in [0.15, 0.2) is 18.2 Å². The van der Waals surface area contributed by atoms with Gasteiger partial charge in [-0.25, -0.2) is 4.39 Å². The molecule has 0 N–H and O–H groups in total. The third-order valence-electron chi connectivity index (χ3n) is 5.43. The zero-order chi connectivity index (χ0) is 17.2. The summed E-state index contributed by atoms with van der Waals surface area (Å²) in [6, 6.07) is 4.66. The molecule has 1 amide bonds. The van der Waals surface area contributed by atoms with Crippen molar-refractivity contribution >= 4 is 5.91 Å². The van der Waals surface area contributed by atoms with Crippen molar-refractivity contribution in [3.63, 3.8) is 0 Å². The van der Waals surface area contributed by atoms with Crippen molar-refractivity contribution in [1.29, 1.82) is 0 Å². The van der Waals surface area contributed by atoms with Crippen molar-refractivity contribution in [2.24, 2.45) is 0 Å². The van der Waals surface area contributed by atoms with E-state index in [9.17, 15) is 9.18 Å². The summed E-state index contributed by atoms with van der Waals surface area (Å²) in [6.45, 7) is 5.38. The van der Waals surface area contributed by atoms with Crippen LogP contribution in [0.2, 0.25) is 0 Å². The Kier molecular flexibility index (Phi) is 5.09. The van der Waals surface area contributed by atoms with E-state index in [0.29, 0.717) is 12.3 Å². The van der Waals surface area contributed by atoms with Gasteiger partial charge in [0, 0.05) is 31.3 Å². The number of halogens is 1. The van der Waals surface area contributed by atoms with E-state index in [1.807, 2.05) is 4.90 Å². The van der Waals surface area contributed by atoms with Gasteiger partial charge >= 0.3 is 0 Å². The minimum Gasteiger partial charge on any atom is -0.496 e. The largest absolute Gasteiger partial charge is 0.496 e. The van der Waals surface area contributed by atoms with Crippen LogP contribution in [0.1, 0.15) is 44.6 Å². The van der Waals surface area contributed by atoms with E-state index in [4.69, 9.17) is 4.74 Å². The molecule has 0 aromatic heterocycles. The lowest BCUT2D eigenvalue weighted by Gasteiger charge is -2.44. The first-order valence-electron chi connectivity index (χ1n) is 8.97. The van der Waals surface area contributed by atoms with Crippen molar-refractivity contribution in [3.8, 4) is 5.75 Å². The van der Waals surface area contributed by atoms with Crippen LogP contribution in [-0.2, 0) is 11.3 Å². The van der Waals surface area contributed by atoms with Crippen LogP contribution in [0.5, 0.6) is 5.75 Å². The summed E-state index contributed by atoms with van der Waals surface area (Å²) < 4.78 is 18.8. The van der Waals surface area contributed by atoms with E-state index in [1.165, 1.54) is 12.1 Å². The highest BCUT2D eigenvalue weighted by atomic mass is 19.1. The molecule has 2 heterocycles. The molecule has 132 valence electrons. The quantitative estimate of drug-likeness (QED) is 0.829. The summed E-state index contributed by atoms with van der Waals surface area (Å²) in [7, 11) is 1.56. The fourth-order valence-corrected chi connectivity index (χ4v) is 4.29. The molecular formula is C19H27FN2O2. The van der Waals surface area contributed by atoms with Crippen molar-refractivity contribution in [2.75, 3.05) is 26.7 Å². The summed E-state index contributed by atoms with van der Waals surface area (Å²) in [5.74, 6) is 0.550. The van der Waals surface area contributed by atoms with Crippen LogP contribution in [-0.4, -0.2) is 48.0 Å². The third kappa shape index (κ3) is 3.02. The molecule has 24 heavy (non-hydrogen) atoms. The Labute approximate surface area is 143 Å². The van der Waals surface area contributed by atoms with E-state index in [2.05, 4.69) is 11.8 Å². The third-order valence-corrected chi connectivity index (χ3v) is 5.43. The summed E-state index contributed by atoms with van der Waals surface area (Å²) >= 11 is 0. The van der Waals surface area contributed by atoms with Gasteiger partial charge in [-0.3, -0.25) is 9.69 Å². The Balaban J connectivity index is 1.84. The maximum Gasteiger partial charge on any atom is 0.243 e. The van der Waals surface area contributed by atoms with Crippen LogP contribution in [0.4, 0.5) is 4.39 Å². The van der Waals surface area contributed by atoms with E-state index < -0.39 is 0 Å². The monoisotopic (exact) mass is 334 g/mol. The number of carbonyl (C=O) groups is 1. The first kappa shape index (κ1) is 17.2. The van der Waals surface area contributed by atoms with Gasteiger partial charge in [-0.15, -0.1) is 0 Å². The number of benzene rings is 1. The molecule has 0 radical (unpaired) electrons. The minimum atomic E-state index is -0.368. The average Bonchev–Trinajstić information content (AvgIpc) is 2.97. The normalized spacial score (nSPS) is 24.8. The Hall–Kier alpha value is -1.62. The predicted octanol–water partition coefficient (Wildman–Crippen LogP) is 3.20. The zero-order valence-electron chi connectivity index (χ0n) is 14.7. The summed E-state index contributed by atoms with van der Waals surface area (Å²) in [4.78, 5) is 17.5. The van der Waals surface area contributed by atoms with Gasteiger partial charge in [-0.2, -0.15) is 0 Å². The molecule has 2 aliphatic rings. The highest BCUT2D eigenvalue weighted by Gasteiger charge is 2.50. The first-order chi connectivity index (χ1) is 11.6. The predicted molar refractivity (Wildman–Crippen MR) is 91.4 cm³/mol. The smallest absolute Gasteiger partial charge is 0.243 e. The lowest BCUT2D eigenvalue weighted by atomic mass is 9.85. The molecule has 0 saturated carbocycles. The molecule has 1 unspecified atom stereocenters. The molecule has 1 aromatic rings. The molecule has 1 spiro atoms. The molecule has 4 nitrogen and oxygen atoms in total. The number of piperidine rings is 1. The van der Waals surface area contributed by atoms with Crippen molar-refractivity contribution in [3.05, 3.63) is 29.6 Å². The van der Waals surface area contributed by atoms with Gasteiger partial charge in [0.15, 0.2) is 0 Å². The Morgan fingerprint density at radius 1 is 1.25 bits per heavy atom. The number of rotatable bonds is 5. The van der Waals surface area contributed by atoms with Gasteiger partial charge in [0.1, 0.15) is 17.1 Å². The van der Waals surface area contributed by atoms with Crippen LogP contribution in [0.25, 0.3) is 0 Å². The number of methoxy groups -OCH3 is 1. The molecule has 3 rings (SSSR count). The van der Waals surface area contributed by atoms with Gasteiger partial charge in [0.05, 0.1) is 7.11 Å². The fourth-order valence-electron chi connectivity index (χ4n) is 4.29. The van der Waals surface area contributed by atoms with Crippen LogP contribution < -0.4 is 4.74 Å². The van der Waals surface area contributed by atoms with E-state index in [0.717, 1.165) is 57.3 Å². The Morgan fingerprint density at radius 3 is 2.71 bits per heavy atom. The lowest BCUT2D eigenvalue weighted by Crippen LogP contribution is -2.59. The number of ether oxygens (including phenoxy) is 1. The molecule has 0 bridgehead atoms. The van der Waals surface area contributed by atoms with Crippen molar-refractivity contribution < 1.29 is 13.9 Å². The number of hydrogen-bond donors (Lipinski definition) is 0. The summed E-state index contributed by atoms with van der Waals surface area (Å²) in [6.07, 6.45) is 4.94. The number of carbonyl (C=O) groups excluding carboxylic acids is 1. The van der Waals surface area contributed by atoms with Gasteiger partial charge in [-0.1, -0.05) is 13.0 Å². The van der Waals surface area contributed by atoms with Gasteiger partial charge in [0.25, 0.3) is 0 Å². The SMILES string of the molecule is CCCN1CCCC2(CCCN2Cc2ccc(F)cc2OC)C1=O. The number of amides is 1. The minimum absolute atomic E-state index is 0.286. The lowest BCUT2D eigenvalue weighted by molar-refractivity contribution is -0.147. The van der Waals surface area contributed by atoms with Gasteiger partial charge in [-0.05, 0) is 44.7 Å². The molecule has 1 atom stereocenters. The fraction of sp³-hybridized carbons (Fsp3) is 0.632. The second-order valence-corrected chi connectivity index (χ2v) is 6.91. The molecule has 2 saturated heterocycles. The first-order valence-corrected chi connectivity index (χ1v) is 8.97. The second-order valence-electron chi connectivity index (χ2n) is 6.91. The number of hydrogen-bond acceptors (Lipinski definition) is 3. The summed E-state index contributed by atoms with van der Waals surface area (Å²) in [5.41, 5.74) is 0.577. The van der Waals surface area contributed by atoms with Crippen LogP contribution in [0, 0.1) is 5.82 Å². The number of nitrogens with zero attached hydrogens (tertiary/aromatic N) is 2. The molecule has 2 aliphatic heterocycles.